The van der Waals surface area contributed by atoms with E-state index in [2.05, 4.69) is 31.7 Å². The minimum atomic E-state index is -4.06. The lowest BCUT2D eigenvalue weighted by atomic mass is 9.76. The van der Waals surface area contributed by atoms with Gasteiger partial charge in [-0.15, -0.1) is 0 Å². The van der Waals surface area contributed by atoms with Crippen LogP contribution in [-0.4, -0.2) is 44.8 Å². The third kappa shape index (κ3) is 9.35. The van der Waals surface area contributed by atoms with E-state index >= 15 is 0 Å². The third-order valence-corrected chi connectivity index (χ3v) is 7.36. The number of methoxy groups -OCH3 is 1. The Labute approximate surface area is 224 Å². The number of benzene rings is 2. The van der Waals surface area contributed by atoms with Crippen molar-refractivity contribution < 1.29 is 32.5 Å². The fourth-order valence-electron chi connectivity index (χ4n) is 5.12. The first-order valence-electron chi connectivity index (χ1n) is 13.6. The lowest BCUT2D eigenvalue weighted by Crippen LogP contribution is -2.16. The maximum absolute atomic E-state index is 12.6. The topological polar surface area (TPSA) is 47.9 Å². The van der Waals surface area contributed by atoms with Gasteiger partial charge in [-0.3, -0.25) is 0 Å². The van der Waals surface area contributed by atoms with Gasteiger partial charge in [0.2, 0.25) is 0 Å². The maximum Gasteiger partial charge on any atom is 0.389 e. The normalized spacial score (nSPS) is 17.8. The van der Waals surface area contributed by atoms with Crippen LogP contribution in [-0.2, 0) is 11.2 Å². The van der Waals surface area contributed by atoms with Gasteiger partial charge in [-0.25, -0.2) is 0 Å². The molecule has 38 heavy (non-hydrogen) atoms. The summed E-state index contributed by atoms with van der Waals surface area (Å²) in [4.78, 5) is 0. The molecule has 1 saturated carbocycles. The standard InChI is InChI=1S/C31H41F3O4/c1-4-24-17-26(25-7-5-23(6-8-25)11-13-31(32,33)34)9-10-30(24)27-18-28(37-14-12-22(2)21-35)20-29(19-27)38-16-15-36-3/h9-10,17-20,23,25,35H,2,4-8,11-16,21H2,1,3H3. The number of aliphatic hydroxyl groups is 1. The number of rotatable bonds is 14. The van der Waals surface area contributed by atoms with Crippen LogP contribution in [0.1, 0.15) is 68.9 Å². The number of halogens is 3. The molecule has 0 aromatic heterocycles. The van der Waals surface area contributed by atoms with E-state index in [1.165, 1.54) is 11.1 Å². The lowest BCUT2D eigenvalue weighted by Gasteiger charge is -2.29. The number of hydrogen-bond donors (Lipinski definition) is 1. The van der Waals surface area contributed by atoms with Crippen LogP contribution in [0.25, 0.3) is 11.1 Å². The van der Waals surface area contributed by atoms with Crippen molar-refractivity contribution in [2.45, 2.75) is 70.4 Å². The molecule has 2 aromatic rings. The first kappa shape index (κ1) is 30.0. The van der Waals surface area contributed by atoms with E-state index in [9.17, 15) is 18.3 Å². The molecule has 0 amide bonds. The molecule has 1 fully saturated rings. The Morgan fingerprint density at radius 2 is 1.66 bits per heavy atom. The van der Waals surface area contributed by atoms with Crippen LogP contribution >= 0.6 is 0 Å². The number of aryl methyl sites for hydroxylation is 1. The summed E-state index contributed by atoms with van der Waals surface area (Å²) >= 11 is 0. The largest absolute Gasteiger partial charge is 0.493 e. The van der Waals surface area contributed by atoms with Crippen LogP contribution in [0, 0.1) is 5.92 Å². The van der Waals surface area contributed by atoms with Gasteiger partial charge >= 0.3 is 6.18 Å². The average molecular weight is 535 g/mol. The van der Waals surface area contributed by atoms with Gasteiger partial charge in [0.1, 0.15) is 18.1 Å². The Morgan fingerprint density at radius 1 is 0.974 bits per heavy atom. The van der Waals surface area contributed by atoms with Gasteiger partial charge in [0.15, 0.2) is 0 Å². The molecule has 0 radical (unpaired) electrons. The molecule has 0 bridgehead atoms. The molecule has 7 heteroatoms. The van der Waals surface area contributed by atoms with Crippen molar-refractivity contribution in [3.63, 3.8) is 0 Å². The molecule has 1 aliphatic carbocycles. The van der Waals surface area contributed by atoms with E-state index in [0.29, 0.717) is 43.7 Å². The average Bonchev–Trinajstić information content (AvgIpc) is 2.91. The van der Waals surface area contributed by atoms with Crippen LogP contribution in [0.15, 0.2) is 48.6 Å². The molecule has 0 heterocycles. The van der Waals surface area contributed by atoms with Crippen LogP contribution in [0.4, 0.5) is 13.2 Å². The minimum absolute atomic E-state index is 0.0593. The molecule has 4 nitrogen and oxygen atoms in total. The molecule has 3 rings (SSSR count). The van der Waals surface area contributed by atoms with Crippen LogP contribution in [0.3, 0.4) is 0 Å². The minimum Gasteiger partial charge on any atom is -0.493 e. The second-order valence-corrected chi connectivity index (χ2v) is 10.2. The first-order chi connectivity index (χ1) is 18.2. The van der Waals surface area contributed by atoms with E-state index in [1.807, 2.05) is 18.2 Å². The van der Waals surface area contributed by atoms with E-state index in [0.717, 1.165) is 48.8 Å². The summed E-state index contributed by atoms with van der Waals surface area (Å²) in [6.07, 6.45) is 0.509. The van der Waals surface area contributed by atoms with Crippen molar-refractivity contribution >= 4 is 0 Å². The van der Waals surface area contributed by atoms with Crippen LogP contribution < -0.4 is 9.47 Å². The monoisotopic (exact) mass is 534 g/mol. The van der Waals surface area contributed by atoms with Gasteiger partial charge < -0.3 is 19.3 Å². The summed E-state index contributed by atoms with van der Waals surface area (Å²) in [6.45, 7) is 7.20. The lowest BCUT2D eigenvalue weighted by molar-refractivity contribution is -0.138. The van der Waals surface area contributed by atoms with Gasteiger partial charge in [-0.1, -0.05) is 31.7 Å². The van der Waals surface area contributed by atoms with Gasteiger partial charge in [0.05, 0.1) is 19.8 Å². The summed E-state index contributed by atoms with van der Waals surface area (Å²) in [5.74, 6) is 1.94. The molecule has 210 valence electrons. The van der Waals surface area contributed by atoms with Crippen molar-refractivity contribution in [2.24, 2.45) is 5.92 Å². The zero-order valence-electron chi connectivity index (χ0n) is 22.6. The SMILES string of the molecule is C=C(CO)CCOc1cc(OCCOC)cc(-c2ccc(C3CCC(CCC(F)(F)F)CC3)cc2CC)c1. The Bertz CT molecular complexity index is 1030. The number of hydrogen-bond acceptors (Lipinski definition) is 4. The summed E-state index contributed by atoms with van der Waals surface area (Å²) in [5.41, 5.74) is 5.31. The predicted molar refractivity (Wildman–Crippen MR) is 145 cm³/mol. The van der Waals surface area contributed by atoms with E-state index in [4.69, 9.17) is 14.2 Å². The van der Waals surface area contributed by atoms with Gasteiger partial charge in [0, 0.05) is 26.0 Å². The molecule has 2 aromatic carbocycles. The molecule has 1 N–H and O–H groups in total. The highest BCUT2D eigenvalue weighted by molar-refractivity contribution is 5.71. The maximum atomic E-state index is 12.6. The van der Waals surface area contributed by atoms with Gasteiger partial charge in [0.25, 0.3) is 0 Å². The van der Waals surface area contributed by atoms with Crippen LogP contribution in [0.2, 0.25) is 0 Å². The molecule has 0 atom stereocenters. The van der Waals surface area contributed by atoms with Gasteiger partial charge in [-0.05, 0) is 90.3 Å². The fourth-order valence-corrected chi connectivity index (χ4v) is 5.12. The highest BCUT2D eigenvalue weighted by Crippen LogP contribution is 2.41. The first-order valence-corrected chi connectivity index (χ1v) is 13.6. The summed E-state index contributed by atoms with van der Waals surface area (Å²) in [6, 6.07) is 12.5. The number of alkyl halides is 3. The molecular formula is C31H41F3O4. The molecule has 0 saturated heterocycles. The Balaban J connectivity index is 1.76. The quantitative estimate of drug-likeness (QED) is 0.198. The molecule has 0 aliphatic heterocycles. The third-order valence-electron chi connectivity index (χ3n) is 7.36. The fraction of sp³-hybridized carbons (Fsp3) is 0.548. The Hall–Kier alpha value is -2.51. The summed E-state index contributed by atoms with van der Waals surface area (Å²) in [7, 11) is 1.63. The molecule has 0 spiro atoms. The van der Waals surface area contributed by atoms with E-state index < -0.39 is 12.6 Å². The van der Waals surface area contributed by atoms with Crippen molar-refractivity contribution in [1.82, 2.24) is 0 Å². The van der Waals surface area contributed by atoms with Crippen molar-refractivity contribution in [3.8, 4) is 22.6 Å². The molecule has 1 aliphatic rings. The molecule has 0 unspecified atom stereocenters. The second kappa shape index (κ2) is 14.6. The summed E-state index contributed by atoms with van der Waals surface area (Å²) < 4.78 is 54.8. The van der Waals surface area contributed by atoms with Crippen LogP contribution in [0.5, 0.6) is 11.5 Å². The molecular weight excluding hydrogens is 493 g/mol. The van der Waals surface area contributed by atoms with E-state index in [1.54, 1.807) is 7.11 Å². The summed E-state index contributed by atoms with van der Waals surface area (Å²) in [5, 5.41) is 9.20. The van der Waals surface area contributed by atoms with Crippen molar-refractivity contribution in [1.29, 1.82) is 0 Å². The number of ether oxygens (including phenoxy) is 3. The Kier molecular flexibility index (Phi) is 11.5. The number of aliphatic hydroxyl groups excluding tert-OH is 1. The highest BCUT2D eigenvalue weighted by Gasteiger charge is 2.30. The van der Waals surface area contributed by atoms with Crippen molar-refractivity contribution in [3.05, 3.63) is 59.7 Å². The van der Waals surface area contributed by atoms with Crippen molar-refractivity contribution in [2.75, 3.05) is 33.5 Å². The zero-order chi connectivity index (χ0) is 27.5. The predicted octanol–water partition coefficient (Wildman–Crippen LogP) is 7.87. The second-order valence-electron chi connectivity index (χ2n) is 10.2. The zero-order valence-corrected chi connectivity index (χ0v) is 22.6. The smallest absolute Gasteiger partial charge is 0.389 e. The van der Waals surface area contributed by atoms with Gasteiger partial charge in [-0.2, -0.15) is 13.2 Å². The highest BCUT2D eigenvalue weighted by atomic mass is 19.4. The Morgan fingerprint density at radius 3 is 2.26 bits per heavy atom. The van der Waals surface area contributed by atoms with E-state index in [-0.39, 0.29) is 18.9 Å².